The average molecular weight is 128 g/mol. The van der Waals surface area contributed by atoms with Gasteiger partial charge in [0.25, 0.3) is 0 Å². The maximum absolute atomic E-state index is 4.88. The van der Waals surface area contributed by atoms with E-state index in [1.54, 1.807) is 13.8 Å². The second-order valence-corrected chi connectivity index (χ2v) is 1.81. The molecule has 0 aromatic heterocycles. The lowest BCUT2D eigenvalue weighted by Gasteiger charge is -2.05. The standard InChI is InChI=1S/C7H12O2/c1-6(2)8-5-9-7(3)4/h1,3,5H2,2,4H3. The molecule has 0 amide bonds. The van der Waals surface area contributed by atoms with Crippen LogP contribution in [0.25, 0.3) is 0 Å². The molecule has 2 nitrogen and oxygen atoms in total. The van der Waals surface area contributed by atoms with Gasteiger partial charge in [-0.25, -0.2) is 0 Å². The molecule has 0 bridgehead atoms. The Balaban J connectivity index is 3.10. The first kappa shape index (κ1) is 8.08. The minimum absolute atomic E-state index is 0.213. The first-order valence-electron chi connectivity index (χ1n) is 2.69. The van der Waals surface area contributed by atoms with Crippen LogP contribution in [-0.2, 0) is 9.47 Å². The molecule has 0 aromatic rings. The van der Waals surface area contributed by atoms with Crippen molar-refractivity contribution in [2.45, 2.75) is 13.8 Å². The van der Waals surface area contributed by atoms with E-state index in [4.69, 9.17) is 9.47 Å². The summed E-state index contributed by atoms with van der Waals surface area (Å²) in [6.45, 7) is 10.8. The van der Waals surface area contributed by atoms with Gasteiger partial charge in [0.2, 0.25) is 6.79 Å². The molecule has 0 unspecified atom stereocenters. The van der Waals surface area contributed by atoms with Gasteiger partial charge in [-0.05, 0) is 13.8 Å². The minimum atomic E-state index is 0.213. The van der Waals surface area contributed by atoms with Gasteiger partial charge in [0.15, 0.2) is 0 Å². The summed E-state index contributed by atoms with van der Waals surface area (Å²) in [7, 11) is 0. The highest BCUT2D eigenvalue weighted by atomic mass is 16.7. The highest BCUT2D eigenvalue weighted by molar-refractivity contribution is 4.75. The van der Waals surface area contributed by atoms with Gasteiger partial charge in [0.1, 0.15) is 0 Å². The molecule has 0 spiro atoms. The molecule has 0 aliphatic heterocycles. The van der Waals surface area contributed by atoms with Gasteiger partial charge in [0, 0.05) is 0 Å². The molecule has 0 rings (SSSR count). The van der Waals surface area contributed by atoms with Crippen molar-refractivity contribution in [3.8, 4) is 0 Å². The van der Waals surface area contributed by atoms with Gasteiger partial charge in [-0.2, -0.15) is 0 Å². The van der Waals surface area contributed by atoms with E-state index >= 15 is 0 Å². The highest BCUT2D eigenvalue weighted by Crippen LogP contribution is 1.94. The summed E-state index contributed by atoms with van der Waals surface area (Å²) >= 11 is 0. The van der Waals surface area contributed by atoms with Gasteiger partial charge in [-0.15, -0.1) is 0 Å². The molecule has 2 heteroatoms. The first-order chi connectivity index (χ1) is 4.13. The zero-order valence-corrected chi connectivity index (χ0v) is 5.94. The van der Waals surface area contributed by atoms with Crippen LogP contribution in [0.2, 0.25) is 0 Å². The summed E-state index contributed by atoms with van der Waals surface area (Å²) < 4.78 is 9.75. The second-order valence-electron chi connectivity index (χ2n) is 1.81. The molecule has 0 saturated heterocycles. The van der Waals surface area contributed by atoms with E-state index < -0.39 is 0 Å². The Morgan fingerprint density at radius 1 is 1.11 bits per heavy atom. The smallest absolute Gasteiger partial charge is 0.229 e. The van der Waals surface area contributed by atoms with Crippen LogP contribution in [0.5, 0.6) is 0 Å². The Hall–Kier alpha value is -0.920. The average Bonchev–Trinajstić information content (AvgIpc) is 1.63. The molecule has 0 saturated carbocycles. The molecule has 0 heterocycles. The van der Waals surface area contributed by atoms with Crippen molar-refractivity contribution < 1.29 is 9.47 Å². The Labute approximate surface area is 55.8 Å². The molecule has 0 aromatic carbocycles. The summed E-state index contributed by atoms with van der Waals surface area (Å²) in [5.41, 5.74) is 0. The van der Waals surface area contributed by atoms with Crippen molar-refractivity contribution in [1.82, 2.24) is 0 Å². The lowest BCUT2D eigenvalue weighted by molar-refractivity contribution is 0.0166. The Kier molecular flexibility index (Phi) is 3.60. The minimum Gasteiger partial charge on any atom is -0.463 e. The van der Waals surface area contributed by atoms with E-state index in [2.05, 4.69) is 13.2 Å². The Bertz CT molecular complexity index is 102. The molecule has 0 aliphatic rings. The lowest BCUT2D eigenvalue weighted by Crippen LogP contribution is -1.94. The summed E-state index contributed by atoms with van der Waals surface area (Å²) in [5.74, 6) is 1.30. The number of allylic oxidation sites excluding steroid dienone is 2. The lowest BCUT2D eigenvalue weighted by atomic mass is 10.7. The molecule has 0 aliphatic carbocycles. The second kappa shape index (κ2) is 4.01. The van der Waals surface area contributed by atoms with Crippen LogP contribution in [0.4, 0.5) is 0 Å². The summed E-state index contributed by atoms with van der Waals surface area (Å²) in [5, 5.41) is 0. The fourth-order valence-corrected chi connectivity index (χ4v) is 0.231. The molecule has 52 valence electrons. The van der Waals surface area contributed by atoms with Gasteiger partial charge >= 0.3 is 0 Å². The van der Waals surface area contributed by atoms with Gasteiger partial charge in [-0.1, -0.05) is 13.2 Å². The van der Waals surface area contributed by atoms with Crippen LogP contribution in [0.15, 0.2) is 24.7 Å². The van der Waals surface area contributed by atoms with Crippen molar-refractivity contribution in [3.05, 3.63) is 24.7 Å². The molecular formula is C7H12O2. The van der Waals surface area contributed by atoms with Crippen LogP contribution in [0.1, 0.15) is 13.8 Å². The summed E-state index contributed by atoms with van der Waals surface area (Å²) in [6.07, 6.45) is 0. The van der Waals surface area contributed by atoms with Crippen molar-refractivity contribution in [1.29, 1.82) is 0 Å². The van der Waals surface area contributed by atoms with Crippen molar-refractivity contribution in [3.63, 3.8) is 0 Å². The van der Waals surface area contributed by atoms with Gasteiger partial charge in [0.05, 0.1) is 11.5 Å². The third-order valence-corrected chi connectivity index (χ3v) is 0.611. The molecule has 0 radical (unpaired) electrons. The maximum Gasteiger partial charge on any atom is 0.229 e. The highest BCUT2D eigenvalue weighted by Gasteiger charge is 1.84. The van der Waals surface area contributed by atoms with Gasteiger partial charge < -0.3 is 9.47 Å². The number of hydrogen-bond acceptors (Lipinski definition) is 2. The third-order valence-electron chi connectivity index (χ3n) is 0.611. The van der Waals surface area contributed by atoms with Gasteiger partial charge in [-0.3, -0.25) is 0 Å². The topological polar surface area (TPSA) is 18.5 Å². The largest absolute Gasteiger partial charge is 0.463 e. The number of ether oxygens (including phenoxy) is 2. The molecule has 0 fully saturated rings. The zero-order chi connectivity index (χ0) is 7.28. The van der Waals surface area contributed by atoms with E-state index in [9.17, 15) is 0 Å². The molecular weight excluding hydrogens is 116 g/mol. The fourth-order valence-electron chi connectivity index (χ4n) is 0.231. The van der Waals surface area contributed by atoms with Crippen LogP contribution >= 0.6 is 0 Å². The number of rotatable bonds is 4. The summed E-state index contributed by atoms with van der Waals surface area (Å²) in [4.78, 5) is 0. The monoisotopic (exact) mass is 128 g/mol. The van der Waals surface area contributed by atoms with E-state index in [1.165, 1.54) is 0 Å². The Morgan fingerprint density at radius 2 is 1.44 bits per heavy atom. The predicted octanol–water partition coefficient (Wildman–Crippen LogP) is 2.04. The molecule has 9 heavy (non-hydrogen) atoms. The van der Waals surface area contributed by atoms with E-state index in [0.29, 0.717) is 11.5 Å². The van der Waals surface area contributed by atoms with E-state index in [1.807, 2.05) is 0 Å². The summed E-state index contributed by atoms with van der Waals surface area (Å²) in [6, 6.07) is 0. The zero-order valence-electron chi connectivity index (χ0n) is 5.94. The quantitative estimate of drug-likeness (QED) is 0.426. The van der Waals surface area contributed by atoms with Crippen LogP contribution < -0.4 is 0 Å². The predicted molar refractivity (Wildman–Crippen MR) is 36.7 cm³/mol. The van der Waals surface area contributed by atoms with Crippen LogP contribution in [0, 0.1) is 0 Å². The Morgan fingerprint density at radius 3 is 1.67 bits per heavy atom. The van der Waals surface area contributed by atoms with E-state index in [0.717, 1.165) is 0 Å². The van der Waals surface area contributed by atoms with Crippen molar-refractivity contribution >= 4 is 0 Å². The SMILES string of the molecule is C=C(C)OCOC(=C)C. The fraction of sp³-hybridized carbons (Fsp3) is 0.429. The number of hydrogen-bond donors (Lipinski definition) is 0. The third kappa shape index (κ3) is 7.08. The van der Waals surface area contributed by atoms with Crippen LogP contribution in [-0.4, -0.2) is 6.79 Å². The van der Waals surface area contributed by atoms with Crippen molar-refractivity contribution in [2.75, 3.05) is 6.79 Å². The molecule has 0 atom stereocenters. The maximum atomic E-state index is 4.88. The van der Waals surface area contributed by atoms with Crippen molar-refractivity contribution in [2.24, 2.45) is 0 Å². The van der Waals surface area contributed by atoms with Crippen LogP contribution in [0.3, 0.4) is 0 Å². The normalized spacial score (nSPS) is 8.22. The molecule has 0 N–H and O–H groups in total. The first-order valence-corrected chi connectivity index (χ1v) is 2.69. The van der Waals surface area contributed by atoms with E-state index in [-0.39, 0.29) is 6.79 Å².